The predicted octanol–water partition coefficient (Wildman–Crippen LogP) is 4.75. The number of ether oxygens (including phenoxy) is 2. The van der Waals surface area contributed by atoms with Gasteiger partial charge in [0, 0.05) is 10.7 Å². The van der Waals surface area contributed by atoms with Crippen LogP contribution in [0.2, 0.25) is 5.02 Å². The minimum atomic E-state index is -0.833. The minimum absolute atomic E-state index is 0.0426. The highest BCUT2D eigenvalue weighted by molar-refractivity contribution is 6.30. The van der Waals surface area contributed by atoms with E-state index in [0.29, 0.717) is 22.2 Å². The Hall–Kier alpha value is -2.93. The number of hydrogen-bond acceptors (Lipinski definition) is 4. The zero-order valence-electron chi connectivity index (χ0n) is 15.5. The van der Waals surface area contributed by atoms with Crippen LogP contribution in [0.4, 0.5) is 10.1 Å². The Morgan fingerprint density at radius 1 is 0.966 bits per heavy atom. The van der Waals surface area contributed by atoms with Gasteiger partial charge in [0.15, 0.2) is 0 Å². The van der Waals surface area contributed by atoms with E-state index in [1.807, 2.05) is 0 Å². The third-order valence-corrected chi connectivity index (χ3v) is 4.24. The SMILES string of the molecule is NC(COCc1ccc(F)cc1)C(=O)Nc1ccc(Oc2ccc(Cl)cc2)cc1. The van der Waals surface area contributed by atoms with Gasteiger partial charge in [0.2, 0.25) is 5.91 Å². The van der Waals surface area contributed by atoms with Gasteiger partial charge in [-0.25, -0.2) is 4.39 Å². The van der Waals surface area contributed by atoms with Gasteiger partial charge in [0.1, 0.15) is 23.4 Å². The molecule has 0 aliphatic rings. The zero-order valence-corrected chi connectivity index (χ0v) is 16.2. The number of halogens is 2. The van der Waals surface area contributed by atoms with Crippen LogP contribution in [0.3, 0.4) is 0 Å². The number of benzene rings is 3. The Bertz CT molecular complexity index is 932. The van der Waals surface area contributed by atoms with Crippen LogP contribution in [0.25, 0.3) is 0 Å². The summed E-state index contributed by atoms with van der Waals surface area (Å²) in [5.41, 5.74) is 7.26. The first kappa shape index (κ1) is 20.8. The normalized spacial score (nSPS) is 11.7. The maximum absolute atomic E-state index is 12.9. The summed E-state index contributed by atoms with van der Waals surface area (Å²) < 4.78 is 24.0. The molecule has 0 radical (unpaired) electrons. The lowest BCUT2D eigenvalue weighted by Crippen LogP contribution is -2.39. The molecular weight excluding hydrogens is 395 g/mol. The van der Waals surface area contributed by atoms with Crippen LogP contribution in [-0.4, -0.2) is 18.6 Å². The van der Waals surface area contributed by atoms with Gasteiger partial charge in [0.05, 0.1) is 13.2 Å². The van der Waals surface area contributed by atoms with E-state index >= 15 is 0 Å². The molecule has 0 saturated heterocycles. The zero-order chi connectivity index (χ0) is 20.6. The molecule has 7 heteroatoms. The molecule has 0 spiro atoms. The van der Waals surface area contributed by atoms with Crippen molar-refractivity contribution in [3.8, 4) is 11.5 Å². The Kier molecular flexibility index (Phi) is 7.19. The molecule has 0 bridgehead atoms. The van der Waals surface area contributed by atoms with Crippen molar-refractivity contribution >= 4 is 23.2 Å². The molecule has 5 nitrogen and oxygen atoms in total. The summed E-state index contributed by atoms with van der Waals surface area (Å²) in [6.45, 7) is 0.291. The molecule has 1 atom stereocenters. The van der Waals surface area contributed by atoms with E-state index in [2.05, 4.69) is 5.32 Å². The second-order valence-corrected chi connectivity index (χ2v) is 6.75. The maximum atomic E-state index is 12.9. The Morgan fingerprint density at radius 2 is 1.55 bits per heavy atom. The standard InChI is InChI=1S/C22H20ClFN2O3/c23-16-3-9-19(10-4-16)29-20-11-7-18(8-12-20)26-22(27)21(25)14-28-13-15-1-5-17(24)6-2-15/h1-12,21H,13-14,25H2,(H,26,27). The molecule has 1 amide bonds. The van der Waals surface area contributed by atoms with Gasteiger partial charge < -0.3 is 20.5 Å². The second kappa shape index (κ2) is 10.0. The van der Waals surface area contributed by atoms with Crippen molar-refractivity contribution in [3.05, 3.63) is 89.2 Å². The van der Waals surface area contributed by atoms with Gasteiger partial charge in [-0.2, -0.15) is 0 Å². The van der Waals surface area contributed by atoms with Crippen LogP contribution in [0, 0.1) is 5.82 Å². The molecule has 29 heavy (non-hydrogen) atoms. The van der Waals surface area contributed by atoms with Gasteiger partial charge >= 0.3 is 0 Å². The van der Waals surface area contributed by atoms with Crippen LogP contribution in [0.5, 0.6) is 11.5 Å². The number of rotatable bonds is 8. The van der Waals surface area contributed by atoms with Crippen molar-refractivity contribution < 1.29 is 18.7 Å². The average Bonchev–Trinajstić information content (AvgIpc) is 2.72. The number of amides is 1. The van der Waals surface area contributed by atoms with Crippen molar-refractivity contribution in [2.75, 3.05) is 11.9 Å². The van der Waals surface area contributed by atoms with E-state index in [1.165, 1.54) is 12.1 Å². The lowest BCUT2D eigenvalue weighted by Gasteiger charge is -2.13. The smallest absolute Gasteiger partial charge is 0.243 e. The van der Waals surface area contributed by atoms with Gasteiger partial charge in [-0.3, -0.25) is 4.79 Å². The van der Waals surface area contributed by atoms with E-state index in [4.69, 9.17) is 26.8 Å². The highest BCUT2D eigenvalue weighted by Crippen LogP contribution is 2.24. The molecular formula is C22H20ClFN2O3. The summed E-state index contributed by atoms with van der Waals surface area (Å²) in [5, 5.41) is 3.36. The van der Waals surface area contributed by atoms with Gasteiger partial charge in [-0.05, 0) is 66.2 Å². The largest absolute Gasteiger partial charge is 0.457 e. The number of carbonyl (C=O) groups excluding carboxylic acids is 1. The van der Waals surface area contributed by atoms with Gasteiger partial charge in [-0.15, -0.1) is 0 Å². The van der Waals surface area contributed by atoms with E-state index in [1.54, 1.807) is 60.7 Å². The summed E-state index contributed by atoms with van der Waals surface area (Å²) in [7, 11) is 0. The van der Waals surface area contributed by atoms with Crippen molar-refractivity contribution in [1.29, 1.82) is 0 Å². The summed E-state index contributed by atoms with van der Waals surface area (Å²) in [6, 6.07) is 19.0. The molecule has 150 valence electrons. The lowest BCUT2D eigenvalue weighted by atomic mass is 10.2. The topological polar surface area (TPSA) is 73.6 Å². The molecule has 0 fully saturated rings. The van der Waals surface area contributed by atoms with Crippen molar-refractivity contribution in [3.63, 3.8) is 0 Å². The average molecular weight is 415 g/mol. The molecule has 3 N–H and O–H groups in total. The minimum Gasteiger partial charge on any atom is -0.457 e. The molecule has 0 aliphatic carbocycles. The summed E-state index contributed by atoms with van der Waals surface area (Å²) >= 11 is 5.85. The summed E-state index contributed by atoms with van der Waals surface area (Å²) in [6.07, 6.45) is 0. The second-order valence-electron chi connectivity index (χ2n) is 6.32. The fourth-order valence-electron chi connectivity index (χ4n) is 2.44. The fraction of sp³-hybridized carbons (Fsp3) is 0.136. The molecule has 3 rings (SSSR count). The van der Waals surface area contributed by atoms with E-state index < -0.39 is 6.04 Å². The van der Waals surface area contributed by atoms with Crippen LogP contribution in [0.1, 0.15) is 5.56 Å². The van der Waals surface area contributed by atoms with Crippen molar-refractivity contribution in [1.82, 2.24) is 0 Å². The maximum Gasteiger partial charge on any atom is 0.243 e. The third-order valence-electron chi connectivity index (χ3n) is 3.99. The number of hydrogen-bond donors (Lipinski definition) is 2. The van der Waals surface area contributed by atoms with Crippen molar-refractivity contribution in [2.45, 2.75) is 12.6 Å². The number of anilines is 1. The van der Waals surface area contributed by atoms with Crippen LogP contribution in [-0.2, 0) is 16.1 Å². The highest BCUT2D eigenvalue weighted by atomic mass is 35.5. The van der Waals surface area contributed by atoms with Crippen LogP contribution >= 0.6 is 11.6 Å². The molecule has 0 aliphatic heterocycles. The number of nitrogens with two attached hydrogens (primary N) is 1. The van der Waals surface area contributed by atoms with Crippen molar-refractivity contribution in [2.24, 2.45) is 5.73 Å². The number of carbonyl (C=O) groups is 1. The first-order valence-electron chi connectivity index (χ1n) is 8.92. The Labute approximate surface area is 173 Å². The molecule has 3 aromatic rings. The Balaban J connectivity index is 1.45. The van der Waals surface area contributed by atoms with Gasteiger partial charge in [0.25, 0.3) is 0 Å². The predicted molar refractivity (Wildman–Crippen MR) is 111 cm³/mol. The van der Waals surface area contributed by atoms with Gasteiger partial charge in [-0.1, -0.05) is 23.7 Å². The summed E-state index contributed by atoms with van der Waals surface area (Å²) in [4.78, 5) is 12.2. The van der Waals surface area contributed by atoms with E-state index in [0.717, 1.165) is 5.56 Å². The van der Waals surface area contributed by atoms with E-state index in [-0.39, 0.29) is 24.9 Å². The first-order valence-corrected chi connectivity index (χ1v) is 9.29. The molecule has 0 saturated carbocycles. The molecule has 0 heterocycles. The third kappa shape index (κ3) is 6.57. The van der Waals surface area contributed by atoms with Crippen LogP contribution < -0.4 is 15.8 Å². The Morgan fingerprint density at radius 3 is 2.17 bits per heavy atom. The molecule has 3 aromatic carbocycles. The van der Waals surface area contributed by atoms with Crippen LogP contribution in [0.15, 0.2) is 72.8 Å². The monoisotopic (exact) mass is 414 g/mol. The lowest BCUT2D eigenvalue weighted by molar-refractivity contribution is -0.118. The first-order chi connectivity index (χ1) is 14.0. The highest BCUT2D eigenvalue weighted by Gasteiger charge is 2.14. The number of nitrogens with one attached hydrogen (secondary N) is 1. The molecule has 0 aromatic heterocycles. The van der Waals surface area contributed by atoms with E-state index in [9.17, 15) is 9.18 Å². The molecule has 1 unspecified atom stereocenters. The summed E-state index contributed by atoms with van der Waals surface area (Å²) in [5.74, 6) is 0.605. The quantitative estimate of drug-likeness (QED) is 0.557. The fourth-order valence-corrected chi connectivity index (χ4v) is 2.57.